The smallest absolute Gasteiger partial charge is 0.247 e. The van der Waals surface area contributed by atoms with E-state index in [1.807, 2.05) is 0 Å². The first-order valence-electron chi connectivity index (χ1n) is 5.23. The van der Waals surface area contributed by atoms with Gasteiger partial charge < -0.3 is 4.43 Å². The van der Waals surface area contributed by atoms with Crippen molar-refractivity contribution in [3.63, 3.8) is 0 Å². The molecule has 0 radical (unpaired) electrons. The lowest BCUT2D eigenvalue weighted by atomic mass is 9.94. The van der Waals surface area contributed by atoms with Crippen LogP contribution >= 0.6 is 0 Å². The molecule has 1 heterocycles. The molecular formula is C11H22OSi. The van der Waals surface area contributed by atoms with Gasteiger partial charge in [-0.1, -0.05) is 33.3 Å². The fraction of sp³-hybridized carbons (Fsp3) is 0.818. The Morgan fingerprint density at radius 1 is 1.31 bits per heavy atom. The predicted molar refractivity (Wildman–Crippen MR) is 60.1 cm³/mol. The van der Waals surface area contributed by atoms with E-state index in [2.05, 4.69) is 40.3 Å². The first-order valence-corrected chi connectivity index (χ1v) is 8.05. The molecule has 2 heteroatoms. The molecule has 0 spiro atoms. The molecule has 1 aliphatic rings. The summed E-state index contributed by atoms with van der Waals surface area (Å²) in [6, 6.07) is 2.70. The molecule has 0 aliphatic carbocycles. The van der Waals surface area contributed by atoms with Gasteiger partial charge in [0.2, 0.25) is 8.32 Å². The van der Waals surface area contributed by atoms with Gasteiger partial charge in [0.05, 0.1) is 5.76 Å². The lowest BCUT2D eigenvalue weighted by molar-refractivity contribution is 0.274. The average molecular weight is 198 g/mol. The van der Waals surface area contributed by atoms with Crippen molar-refractivity contribution < 1.29 is 4.43 Å². The van der Waals surface area contributed by atoms with E-state index in [0.29, 0.717) is 0 Å². The Kier molecular flexibility index (Phi) is 2.90. The molecule has 1 rings (SSSR count). The van der Waals surface area contributed by atoms with Crippen molar-refractivity contribution in [2.75, 3.05) is 0 Å². The van der Waals surface area contributed by atoms with Crippen molar-refractivity contribution in [1.29, 1.82) is 0 Å². The molecule has 13 heavy (non-hydrogen) atoms. The van der Waals surface area contributed by atoms with Crippen molar-refractivity contribution in [2.24, 2.45) is 5.41 Å². The third-order valence-corrected chi connectivity index (χ3v) is 6.30. The highest BCUT2D eigenvalue weighted by Crippen LogP contribution is 2.38. The average Bonchev–Trinajstić information content (AvgIpc) is 1.94. The first-order chi connectivity index (χ1) is 5.87. The van der Waals surface area contributed by atoms with Gasteiger partial charge in [-0.3, -0.25) is 0 Å². The van der Waals surface area contributed by atoms with E-state index in [1.54, 1.807) is 0 Å². The molecule has 0 atom stereocenters. The normalized spacial score (nSPS) is 22.4. The summed E-state index contributed by atoms with van der Waals surface area (Å²) in [5.74, 6) is 1.20. The molecule has 0 aromatic heterocycles. The van der Waals surface area contributed by atoms with E-state index in [0.717, 1.165) is 0 Å². The lowest BCUT2D eigenvalue weighted by Gasteiger charge is -2.40. The molecule has 0 aromatic carbocycles. The molecule has 1 aliphatic heterocycles. The largest absolute Gasteiger partial charge is 0.547 e. The van der Waals surface area contributed by atoms with Crippen LogP contribution < -0.4 is 0 Å². The van der Waals surface area contributed by atoms with Gasteiger partial charge in [-0.15, -0.1) is 0 Å². The highest BCUT2D eigenvalue weighted by atomic mass is 28.4. The van der Waals surface area contributed by atoms with Gasteiger partial charge in [-0.05, 0) is 25.6 Å². The van der Waals surface area contributed by atoms with E-state index >= 15 is 0 Å². The molecule has 0 aromatic rings. The van der Waals surface area contributed by atoms with Crippen molar-refractivity contribution in [1.82, 2.24) is 0 Å². The minimum atomic E-state index is -1.26. The summed E-state index contributed by atoms with van der Waals surface area (Å²) >= 11 is 0. The summed E-state index contributed by atoms with van der Waals surface area (Å²) in [6.45, 7) is 11.1. The molecule has 1 fully saturated rings. The predicted octanol–water partition coefficient (Wildman–Crippen LogP) is 3.93. The van der Waals surface area contributed by atoms with Crippen molar-refractivity contribution in [3.05, 3.63) is 11.8 Å². The van der Waals surface area contributed by atoms with E-state index < -0.39 is 8.32 Å². The second kappa shape index (κ2) is 3.49. The van der Waals surface area contributed by atoms with Crippen molar-refractivity contribution in [2.45, 2.75) is 52.8 Å². The molecular weight excluding hydrogens is 176 g/mol. The van der Waals surface area contributed by atoms with Gasteiger partial charge in [-0.25, -0.2) is 0 Å². The SMILES string of the molecule is C/C=C(\O[Si]1(C)CCC1)C(C)(C)C. The molecule has 1 saturated heterocycles. The quantitative estimate of drug-likeness (QED) is 0.482. The zero-order chi connectivity index (χ0) is 10.1. The third kappa shape index (κ3) is 2.60. The molecule has 0 amide bonds. The van der Waals surface area contributed by atoms with Crippen LogP contribution in [0.15, 0.2) is 11.8 Å². The van der Waals surface area contributed by atoms with Crippen molar-refractivity contribution in [3.8, 4) is 0 Å². The summed E-state index contributed by atoms with van der Waals surface area (Å²) in [5.41, 5.74) is 0.181. The van der Waals surface area contributed by atoms with E-state index in [1.165, 1.54) is 24.3 Å². The molecule has 0 N–H and O–H groups in total. The maximum Gasteiger partial charge on any atom is 0.247 e. The van der Waals surface area contributed by atoms with Crippen LogP contribution in [-0.4, -0.2) is 8.32 Å². The molecule has 0 unspecified atom stereocenters. The Labute approximate surface area is 83.3 Å². The second-order valence-electron chi connectivity index (χ2n) is 5.31. The van der Waals surface area contributed by atoms with E-state index in [4.69, 9.17) is 4.43 Å². The third-order valence-electron chi connectivity index (χ3n) is 2.77. The number of allylic oxidation sites excluding steroid dienone is 2. The number of hydrogen-bond donors (Lipinski definition) is 0. The topological polar surface area (TPSA) is 9.23 Å². The Morgan fingerprint density at radius 3 is 2.08 bits per heavy atom. The highest BCUT2D eigenvalue weighted by molar-refractivity contribution is 6.75. The maximum absolute atomic E-state index is 6.19. The van der Waals surface area contributed by atoms with Crippen LogP contribution in [-0.2, 0) is 4.43 Å². The Bertz CT molecular complexity index is 209. The molecule has 0 bridgehead atoms. The molecule has 1 nitrogen and oxygen atoms in total. The summed E-state index contributed by atoms with van der Waals surface area (Å²) in [7, 11) is -1.26. The molecule has 76 valence electrons. The standard InChI is InChI=1S/C11H22OSi/c1-6-10(11(2,3)4)12-13(5)8-7-9-13/h6H,7-9H2,1-5H3/b10-6-. The van der Waals surface area contributed by atoms with Crippen LogP contribution in [0.1, 0.15) is 34.1 Å². The Hall–Kier alpha value is -0.243. The summed E-state index contributed by atoms with van der Waals surface area (Å²) < 4.78 is 6.19. The summed E-state index contributed by atoms with van der Waals surface area (Å²) in [5, 5.41) is 0. The van der Waals surface area contributed by atoms with Gasteiger partial charge in [0.15, 0.2) is 0 Å². The maximum atomic E-state index is 6.19. The first kappa shape index (κ1) is 10.8. The fourth-order valence-electron chi connectivity index (χ4n) is 1.69. The van der Waals surface area contributed by atoms with E-state index in [9.17, 15) is 0 Å². The van der Waals surface area contributed by atoms with Crippen LogP contribution in [0.5, 0.6) is 0 Å². The Morgan fingerprint density at radius 2 is 1.85 bits per heavy atom. The minimum absolute atomic E-state index is 0.181. The van der Waals surface area contributed by atoms with Crippen LogP contribution in [0.2, 0.25) is 18.6 Å². The molecule has 0 saturated carbocycles. The van der Waals surface area contributed by atoms with E-state index in [-0.39, 0.29) is 5.41 Å². The van der Waals surface area contributed by atoms with Gasteiger partial charge in [-0.2, -0.15) is 0 Å². The van der Waals surface area contributed by atoms with Crippen LogP contribution in [0.25, 0.3) is 0 Å². The highest BCUT2D eigenvalue weighted by Gasteiger charge is 2.40. The monoisotopic (exact) mass is 198 g/mol. The zero-order valence-corrected chi connectivity index (χ0v) is 10.6. The van der Waals surface area contributed by atoms with Gasteiger partial charge in [0, 0.05) is 5.41 Å². The van der Waals surface area contributed by atoms with Gasteiger partial charge in [0.1, 0.15) is 0 Å². The number of hydrogen-bond acceptors (Lipinski definition) is 1. The lowest BCUT2D eigenvalue weighted by Crippen LogP contribution is -2.42. The second-order valence-corrected chi connectivity index (χ2v) is 9.41. The van der Waals surface area contributed by atoms with Crippen molar-refractivity contribution >= 4 is 8.32 Å². The summed E-state index contributed by atoms with van der Waals surface area (Å²) in [4.78, 5) is 0. The minimum Gasteiger partial charge on any atom is -0.547 e. The Balaban J connectivity index is 2.60. The van der Waals surface area contributed by atoms with Crippen LogP contribution in [0.4, 0.5) is 0 Å². The van der Waals surface area contributed by atoms with Crippen LogP contribution in [0, 0.1) is 5.41 Å². The summed E-state index contributed by atoms with van der Waals surface area (Å²) in [6.07, 6.45) is 3.51. The van der Waals surface area contributed by atoms with Gasteiger partial charge in [0.25, 0.3) is 0 Å². The fourth-order valence-corrected chi connectivity index (χ4v) is 4.20. The zero-order valence-electron chi connectivity index (χ0n) is 9.61. The van der Waals surface area contributed by atoms with Crippen LogP contribution in [0.3, 0.4) is 0 Å². The van der Waals surface area contributed by atoms with Gasteiger partial charge >= 0.3 is 0 Å². The number of rotatable bonds is 2.